The summed E-state index contributed by atoms with van der Waals surface area (Å²) in [6.07, 6.45) is 8.90. The van der Waals surface area contributed by atoms with Gasteiger partial charge in [0.05, 0.1) is 24.2 Å². The molecule has 1 aliphatic rings. The number of aromatic nitrogens is 2. The topological polar surface area (TPSA) is 128 Å². The average molecular weight is 518 g/mol. The lowest BCUT2D eigenvalue weighted by atomic mass is 9.89. The number of rotatable bonds is 13. The second-order valence-corrected chi connectivity index (χ2v) is 9.87. The van der Waals surface area contributed by atoms with Crippen LogP contribution in [0.5, 0.6) is 0 Å². The number of hydrogen-bond donors (Lipinski definition) is 4. The molecule has 9 nitrogen and oxygen atoms in total. The summed E-state index contributed by atoms with van der Waals surface area (Å²) in [6, 6.07) is 5.15. The number of fused-ring (bicyclic) bond motifs is 1. The fourth-order valence-electron chi connectivity index (χ4n) is 4.83. The van der Waals surface area contributed by atoms with Crippen LogP contribution in [0.2, 0.25) is 0 Å². The number of nitrogens with zero attached hydrogens (tertiary/aromatic N) is 2. The average Bonchev–Trinajstić information content (AvgIpc) is 3.24. The normalized spacial score (nSPS) is 15.0. The van der Waals surface area contributed by atoms with Gasteiger partial charge in [-0.1, -0.05) is 19.3 Å². The molecule has 0 spiro atoms. The second kappa shape index (κ2) is 14.2. The van der Waals surface area contributed by atoms with Gasteiger partial charge in [-0.25, -0.2) is 4.98 Å². The molecule has 1 fully saturated rings. The minimum Gasteiger partial charge on any atom is -0.468 e. The molecule has 4 N–H and O–H groups in total. The number of nitrogens with one attached hydrogen (secondary N) is 2. The van der Waals surface area contributed by atoms with Gasteiger partial charge in [0.15, 0.2) is 0 Å². The van der Waals surface area contributed by atoms with Crippen molar-refractivity contribution in [3.63, 3.8) is 0 Å². The fourth-order valence-corrected chi connectivity index (χ4v) is 5.03. The Labute approximate surface area is 218 Å². The summed E-state index contributed by atoms with van der Waals surface area (Å²) in [4.78, 5) is 41.5. The zero-order valence-corrected chi connectivity index (χ0v) is 22.0. The van der Waals surface area contributed by atoms with Gasteiger partial charge >= 0.3 is 5.97 Å². The van der Waals surface area contributed by atoms with Crippen molar-refractivity contribution in [2.75, 3.05) is 26.0 Å². The Balaban J connectivity index is 1.96. The number of benzene rings is 1. The summed E-state index contributed by atoms with van der Waals surface area (Å²) in [5.41, 5.74) is 7.78. The van der Waals surface area contributed by atoms with Crippen LogP contribution in [-0.4, -0.2) is 53.3 Å². The third-order valence-electron chi connectivity index (χ3n) is 6.76. The maximum absolute atomic E-state index is 12.6. The minimum absolute atomic E-state index is 0.0538. The second-order valence-electron chi connectivity index (χ2n) is 9.43. The Kier molecular flexibility index (Phi) is 11.1. The van der Waals surface area contributed by atoms with Crippen LogP contribution in [0, 0.1) is 5.92 Å². The van der Waals surface area contributed by atoms with Crippen LogP contribution >= 0.6 is 12.6 Å². The smallest absolute Gasteiger partial charge is 0.325 e. The number of nitrogens with two attached hydrogens (primary N) is 1. The van der Waals surface area contributed by atoms with Crippen LogP contribution in [0.1, 0.15) is 80.0 Å². The van der Waals surface area contributed by atoms with E-state index in [9.17, 15) is 14.4 Å². The highest BCUT2D eigenvalue weighted by atomic mass is 32.1. The number of hydrogen-bond acceptors (Lipinski definition) is 7. The molecule has 1 aromatic heterocycles. The maximum Gasteiger partial charge on any atom is 0.325 e. The van der Waals surface area contributed by atoms with E-state index in [-0.39, 0.29) is 24.4 Å². The van der Waals surface area contributed by atoms with E-state index >= 15 is 0 Å². The maximum atomic E-state index is 12.6. The number of esters is 1. The number of methoxy groups -OCH3 is 1. The number of carbonyl (C=O) groups excluding carboxylic acids is 3. The molecule has 0 saturated heterocycles. The van der Waals surface area contributed by atoms with Gasteiger partial charge in [0, 0.05) is 18.5 Å². The van der Waals surface area contributed by atoms with Crippen LogP contribution in [0.15, 0.2) is 18.2 Å². The first-order chi connectivity index (χ1) is 17.5. The van der Waals surface area contributed by atoms with Crippen molar-refractivity contribution < 1.29 is 19.1 Å². The van der Waals surface area contributed by atoms with Gasteiger partial charge in [0.1, 0.15) is 12.4 Å². The summed E-state index contributed by atoms with van der Waals surface area (Å²) in [5, 5.41) is 5.74. The monoisotopic (exact) mass is 517 g/mol. The van der Waals surface area contributed by atoms with Crippen LogP contribution in [0.3, 0.4) is 0 Å². The molecule has 0 bridgehead atoms. The van der Waals surface area contributed by atoms with Gasteiger partial charge in [0.2, 0.25) is 5.91 Å². The molecule has 36 heavy (non-hydrogen) atoms. The molecule has 0 aliphatic heterocycles. The summed E-state index contributed by atoms with van der Waals surface area (Å²) >= 11 is 4.21. The molecular formula is C26H39N5O4S. The molecular weight excluding hydrogens is 478 g/mol. The third-order valence-corrected chi connectivity index (χ3v) is 6.98. The van der Waals surface area contributed by atoms with Gasteiger partial charge in [-0.3, -0.25) is 14.4 Å². The summed E-state index contributed by atoms with van der Waals surface area (Å²) in [7, 11) is 1.28. The quantitative estimate of drug-likeness (QED) is 0.184. The van der Waals surface area contributed by atoms with Crippen LogP contribution in [0.25, 0.3) is 11.0 Å². The lowest BCUT2D eigenvalue weighted by molar-refractivity contribution is -0.139. The van der Waals surface area contributed by atoms with Crippen molar-refractivity contribution in [1.82, 2.24) is 20.2 Å². The van der Waals surface area contributed by atoms with E-state index in [1.54, 1.807) is 12.1 Å². The molecule has 198 valence electrons. The van der Waals surface area contributed by atoms with Crippen LogP contribution in [0.4, 0.5) is 0 Å². The van der Waals surface area contributed by atoms with Crippen LogP contribution < -0.4 is 16.4 Å². The van der Waals surface area contributed by atoms with E-state index in [0.717, 1.165) is 37.1 Å². The highest BCUT2D eigenvalue weighted by Gasteiger charge is 2.25. The highest BCUT2D eigenvalue weighted by Crippen LogP contribution is 2.30. The molecule has 10 heteroatoms. The molecule has 0 radical (unpaired) electrons. The predicted octanol–water partition coefficient (Wildman–Crippen LogP) is 3.13. The van der Waals surface area contributed by atoms with E-state index < -0.39 is 5.97 Å². The Morgan fingerprint density at radius 1 is 1.22 bits per heavy atom. The van der Waals surface area contributed by atoms with Crippen molar-refractivity contribution >= 4 is 41.4 Å². The lowest BCUT2D eigenvalue weighted by Crippen LogP contribution is -2.31. The molecule has 1 aromatic carbocycles. The Hall–Kier alpha value is -2.59. The Bertz CT molecular complexity index is 1030. The van der Waals surface area contributed by atoms with E-state index in [1.807, 2.05) is 6.07 Å². The van der Waals surface area contributed by atoms with Crippen LogP contribution in [-0.2, 0) is 20.9 Å². The number of thiol groups is 1. The van der Waals surface area contributed by atoms with Crippen molar-refractivity contribution in [2.45, 2.75) is 70.4 Å². The number of imidazole rings is 1. The first-order valence-electron chi connectivity index (χ1n) is 12.9. The van der Waals surface area contributed by atoms with E-state index in [4.69, 9.17) is 10.7 Å². The fraction of sp³-hybridized carbons (Fsp3) is 0.615. The Morgan fingerprint density at radius 3 is 2.69 bits per heavy atom. The third kappa shape index (κ3) is 7.70. The Morgan fingerprint density at radius 2 is 2.00 bits per heavy atom. The van der Waals surface area contributed by atoms with Gasteiger partial charge < -0.3 is 25.7 Å². The largest absolute Gasteiger partial charge is 0.468 e. The summed E-state index contributed by atoms with van der Waals surface area (Å²) in [5.74, 6) is 0.905. The predicted molar refractivity (Wildman–Crippen MR) is 143 cm³/mol. The first kappa shape index (κ1) is 28.0. The van der Waals surface area contributed by atoms with E-state index in [1.165, 1.54) is 39.2 Å². The van der Waals surface area contributed by atoms with Crippen molar-refractivity contribution in [3.8, 4) is 0 Å². The number of carbonyl (C=O) groups is 3. The minimum atomic E-state index is -0.513. The highest BCUT2D eigenvalue weighted by molar-refractivity contribution is 7.80. The number of ether oxygens (including phenoxy) is 1. The zero-order chi connectivity index (χ0) is 25.9. The van der Waals surface area contributed by atoms with E-state index in [0.29, 0.717) is 35.7 Å². The molecule has 1 heterocycles. The summed E-state index contributed by atoms with van der Waals surface area (Å²) in [6.45, 7) is 1.23. The molecule has 2 amide bonds. The number of unbranched alkanes of at least 4 members (excludes halogenated alkanes) is 1. The van der Waals surface area contributed by atoms with E-state index in [2.05, 4.69) is 32.6 Å². The molecule has 1 saturated carbocycles. The molecule has 1 aliphatic carbocycles. The van der Waals surface area contributed by atoms with Gasteiger partial charge in [-0.15, -0.1) is 0 Å². The van der Waals surface area contributed by atoms with Crippen molar-refractivity contribution in [1.29, 1.82) is 0 Å². The van der Waals surface area contributed by atoms with Gasteiger partial charge in [-0.05, 0) is 68.5 Å². The van der Waals surface area contributed by atoms with Gasteiger partial charge in [-0.2, -0.15) is 12.6 Å². The molecule has 3 rings (SSSR count). The van der Waals surface area contributed by atoms with Gasteiger partial charge in [0.25, 0.3) is 5.91 Å². The summed E-state index contributed by atoms with van der Waals surface area (Å²) < 4.78 is 6.83. The molecule has 2 aromatic rings. The molecule has 1 atom stereocenters. The standard InChI is InChI=1S/C26H39N5O4S/c1-35-24(33)16-28-26(34)19-10-11-22-21(15-19)30-25(31(22)17-18-7-3-2-4-8-18)20(9-5-6-13-27)29-23(32)12-14-36/h10-11,15,18,20,36H,2-9,12-14,16-17,27H2,1H3,(H,28,34)(H,29,32). The van der Waals surface area contributed by atoms with Crippen molar-refractivity contribution in [3.05, 3.63) is 29.6 Å². The first-order valence-corrected chi connectivity index (χ1v) is 13.6. The van der Waals surface area contributed by atoms with Crippen molar-refractivity contribution in [2.24, 2.45) is 11.7 Å². The molecule has 1 unspecified atom stereocenters. The SMILES string of the molecule is COC(=O)CNC(=O)c1ccc2c(c1)nc(C(CCCCN)NC(=O)CCS)n2CC1CCCCC1. The lowest BCUT2D eigenvalue weighted by Gasteiger charge is -2.25. The zero-order valence-electron chi connectivity index (χ0n) is 21.1. The number of amides is 2.